The highest BCUT2D eigenvalue weighted by Gasteiger charge is 2.28. The number of likely N-dealkylation sites (N-methyl/N-ethyl adjacent to an activating group) is 1. The number of aliphatic hydroxyl groups is 1. The van der Waals surface area contributed by atoms with Gasteiger partial charge >= 0.3 is 0 Å². The number of likely N-dealkylation sites (tertiary alicyclic amines) is 1. The smallest absolute Gasteiger partial charge is 0.222 e. The molecule has 1 rings (SSSR count). The molecule has 0 aromatic rings. The maximum absolute atomic E-state index is 11.8. The number of amides is 1. The van der Waals surface area contributed by atoms with E-state index in [1.807, 2.05) is 11.8 Å². The lowest BCUT2D eigenvalue weighted by Crippen LogP contribution is -2.51. The molecule has 4 heteroatoms. The number of carbonyl (C=O) groups excluding carboxylic acids is 1. The van der Waals surface area contributed by atoms with E-state index < -0.39 is 0 Å². The van der Waals surface area contributed by atoms with Gasteiger partial charge in [0.1, 0.15) is 0 Å². The minimum Gasteiger partial charge on any atom is -0.396 e. The first-order valence-corrected chi connectivity index (χ1v) is 6.83. The van der Waals surface area contributed by atoms with Gasteiger partial charge in [-0.2, -0.15) is 0 Å². The number of hydrogen-bond acceptors (Lipinski definition) is 3. The summed E-state index contributed by atoms with van der Waals surface area (Å²) in [6, 6.07) is 0.424. The molecule has 0 bridgehead atoms. The summed E-state index contributed by atoms with van der Waals surface area (Å²) in [6.45, 7) is 6.94. The molecular formula is C13H26N2O2. The molecule has 2 unspecified atom stereocenters. The quantitative estimate of drug-likeness (QED) is 0.730. The van der Waals surface area contributed by atoms with Crippen LogP contribution in [0.2, 0.25) is 0 Å². The Bertz CT molecular complexity index is 233. The molecule has 0 spiro atoms. The number of aliphatic hydroxyl groups excluding tert-OH is 1. The van der Waals surface area contributed by atoms with Crippen LogP contribution >= 0.6 is 0 Å². The highest BCUT2D eigenvalue weighted by Crippen LogP contribution is 2.21. The first-order valence-electron chi connectivity index (χ1n) is 6.83. The minimum atomic E-state index is 0.251. The van der Waals surface area contributed by atoms with Crippen LogP contribution in [0, 0.1) is 5.92 Å². The van der Waals surface area contributed by atoms with Crippen molar-refractivity contribution in [2.24, 2.45) is 5.92 Å². The van der Waals surface area contributed by atoms with Gasteiger partial charge in [0.05, 0.1) is 0 Å². The lowest BCUT2D eigenvalue weighted by Gasteiger charge is -2.38. The number of nitrogens with one attached hydrogen (secondary N) is 1. The van der Waals surface area contributed by atoms with Gasteiger partial charge in [-0.05, 0) is 31.7 Å². The fourth-order valence-corrected chi connectivity index (χ4v) is 2.66. The maximum atomic E-state index is 11.8. The van der Waals surface area contributed by atoms with E-state index in [0.29, 0.717) is 18.4 Å². The van der Waals surface area contributed by atoms with Crippen molar-refractivity contribution in [2.45, 2.75) is 45.6 Å². The Morgan fingerprint density at radius 2 is 2.18 bits per heavy atom. The third-order valence-electron chi connectivity index (χ3n) is 3.46. The molecule has 0 aromatic carbocycles. The molecule has 1 aliphatic rings. The molecule has 0 radical (unpaired) electrons. The average Bonchev–Trinajstić information content (AvgIpc) is 2.35. The Labute approximate surface area is 104 Å². The van der Waals surface area contributed by atoms with E-state index in [9.17, 15) is 4.79 Å². The monoisotopic (exact) mass is 242 g/mol. The van der Waals surface area contributed by atoms with Gasteiger partial charge in [-0.25, -0.2) is 0 Å². The van der Waals surface area contributed by atoms with Crippen molar-refractivity contribution in [2.75, 3.05) is 26.2 Å². The van der Waals surface area contributed by atoms with Crippen LogP contribution in [-0.4, -0.2) is 48.2 Å². The Hall–Kier alpha value is -0.610. The predicted molar refractivity (Wildman–Crippen MR) is 68.8 cm³/mol. The molecule has 1 amide bonds. The fourth-order valence-electron chi connectivity index (χ4n) is 2.66. The lowest BCUT2D eigenvalue weighted by molar-refractivity contribution is -0.133. The van der Waals surface area contributed by atoms with Gasteiger partial charge in [0.25, 0.3) is 0 Å². The highest BCUT2D eigenvalue weighted by atomic mass is 16.2. The van der Waals surface area contributed by atoms with E-state index in [0.717, 1.165) is 38.9 Å². The molecule has 0 saturated carbocycles. The Kier molecular flexibility index (Phi) is 6.52. The third kappa shape index (κ3) is 4.64. The molecule has 1 saturated heterocycles. The van der Waals surface area contributed by atoms with Gasteiger partial charge in [0.2, 0.25) is 5.91 Å². The number of hydrogen-bond donors (Lipinski definition) is 2. The summed E-state index contributed by atoms with van der Waals surface area (Å²) in [5, 5.41) is 12.3. The largest absolute Gasteiger partial charge is 0.396 e. The molecule has 0 aliphatic carbocycles. The Morgan fingerprint density at radius 3 is 2.76 bits per heavy atom. The minimum absolute atomic E-state index is 0.251. The van der Waals surface area contributed by atoms with Crippen molar-refractivity contribution in [1.29, 1.82) is 0 Å². The molecular weight excluding hydrogens is 216 g/mol. The van der Waals surface area contributed by atoms with Crippen LogP contribution in [0.1, 0.15) is 39.5 Å². The van der Waals surface area contributed by atoms with Crippen molar-refractivity contribution in [1.82, 2.24) is 10.2 Å². The first kappa shape index (κ1) is 14.5. The summed E-state index contributed by atoms with van der Waals surface area (Å²) in [5.74, 6) is 0.789. The van der Waals surface area contributed by atoms with Gasteiger partial charge in [-0.1, -0.05) is 13.8 Å². The van der Waals surface area contributed by atoms with Crippen LogP contribution in [0.3, 0.4) is 0 Å². The van der Waals surface area contributed by atoms with Crippen LogP contribution in [0.4, 0.5) is 0 Å². The normalized spacial score (nSPS) is 25.0. The van der Waals surface area contributed by atoms with E-state index in [1.165, 1.54) is 0 Å². The molecule has 4 nitrogen and oxygen atoms in total. The maximum Gasteiger partial charge on any atom is 0.222 e. The van der Waals surface area contributed by atoms with E-state index in [2.05, 4.69) is 12.2 Å². The van der Waals surface area contributed by atoms with E-state index in [-0.39, 0.29) is 12.5 Å². The summed E-state index contributed by atoms with van der Waals surface area (Å²) in [7, 11) is 0. The zero-order valence-corrected chi connectivity index (χ0v) is 11.1. The summed E-state index contributed by atoms with van der Waals surface area (Å²) >= 11 is 0. The van der Waals surface area contributed by atoms with Gasteiger partial charge < -0.3 is 15.3 Å². The van der Waals surface area contributed by atoms with Crippen LogP contribution in [0.15, 0.2) is 0 Å². The second-order valence-electron chi connectivity index (χ2n) is 4.87. The SMILES string of the molecule is CCNC1CC(CCCO)CN(C(=O)CC)C1. The van der Waals surface area contributed by atoms with Gasteiger partial charge in [0.15, 0.2) is 0 Å². The summed E-state index contributed by atoms with van der Waals surface area (Å²) < 4.78 is 0. The molecule has 1 heterocycles. The summed E-state index contributed by atoms with van der Waals surface area (Å²) in [6.07, 6.45) is 3.58. The number of carbonyl (C=O) groups is 1. The van der Waals surface area contributed by atoms with Crippen LogP contribution in [-0.2, 0) is 4.79 Å². The zero-order valence-electron chi connectivity index (χ0n) is 11.1. The second-order valence-corrected chi connectivity index (χ2v) is 4.87. The van der Waals surface area contributed by atoms with E-state index in [4.69, 9.17) is 5.11 Å². The predicted octanol–water partition coefficient (Wildman–Crippen LogP) is 0.995. The average molecular weight is 242 g/mol. The van der Waals surface area contributed by atoms with Crippen LogP contribution in [0.5, 0.6) is 0 Å². The Morgan fingerprint density at radius 1 is 1.41 bits per heavy atom. The molecule has 17 heavy (non-hydrogen) atoms. The standard InChI is InChI=1S/C13H26N2O2/c1-3-13(17)15-9-11(6-5-7-16)8-12(10-15)14-4-2/h11-12,14,16H,3-10H2,1-2H3. The van der Waals surface area contributed by atoms with Gasteiger partial charge in [-0.15, -0.1) is 0 Å². The second kappa shape index (κ2) is 7.67. The van der Waals surface area contributed by atoms with Crippen molar-refractivity contribution in [3.05, 3.63) is 0 Å². The van der Waals surface area contributed by atoms with Crippen LogP contribution in [0.25, 0.3) is 0 Å². The van der Waals surface area contributed by atoms with E-state index >= 15 is 0 Å². The molecule has 2 N–H and O–H groups in total. The van der Waals surface area contributed by atoms with Crippen LogP contribution < -0.4 is 5.32 Å². The topological polar surface area (TPSA) is 52.6 Å². The fraction of sp³-hybridized carbons (Fsp3) is 0.923. The number of rotatable bonds is 6. The van der Waals surface area contributed by atoms with Crippen molar-refractivity contribution >= 4 is 5.91 Å². The van der Waals surface area contributed by atoms with Crippen molar-refractivity contribution < 1.29 is 9.90 Å². The Balaban J connectivity index is 2.52. The number of nitrogens with zero attached hydrogens (tertiary/aromatic N) is 1. The summed E-state index contributed by atoms with van der Waals surface area (Å²) in [5.41, 5.74) is 0. The molecule has 100 valence electrons. The molecule has 0 aromatic heterocycles. The third-order valence-corrected chi connectivity index (χ3v) is 3.46. The number of piperidine rings is 1. The van der Waals surface area contributed by atoms with Crippen molar-refractivity contribution in [3.8, 4) is 0 Å². The summed E-state index contributed by atoms with van der Waals surface area (Å²) in [4.78, 5) is 13.8. The highest BCUT2D eigenvalue weighted by molar-refractivity contribution is 5.76. The van der Waals surface area contributed by atoms with Gasteiger partial charge in [-0.3, -0.25) is 4.79 Å². The first-order chi connectivity index (χ1) is 8.21. The lowest BCUT2D eigenvalue weighted by atomic mass is 9.90. The molecule has 2 atom stereocenters. The van der Waals surface area contributed by atoms with E-state index in [1.54, 1.807) is 0 Å². The van der Waals surface area contributed by atoms with Gasteiger partial charge in [0, 0.05) is 32.2 Å². The zero-order chi connectivity index (χ0) is 12.7. The van der Waals surface area contributed by atoms with Crippen molar-refractivity contribution in [3.63, 3.8) is 0 Å². The molecule has 1 fully saturated rings. The molecule has 1 aliphatic heterocycles.